The summed E-state index contributed by atoms with van der Waals surface area (Å²) in [7, 11) is 0. The summed E-state index contributed by atoms with van der Waals surface area (Å²) in [6, 6.07) is 6.39. The maximum Gasteiger partial charge on any atom is 0.387 e. The zero-order chi connectivity index (χ0) is 16.7. The molecular formula is C15H16F2N2O2S2. The fraction of sp³-hybridized carbons (Fsp3) is 0.333. The Kier molecular flexibility index (Phi) is 6.79. The first kappa shape index (κ1) is 17.7. The van der Waals surface area contributed by atoms with Crippen molar-refractivity contribution < 1.29 is 18.3 Å². The van der Waals surface area contributed by atoms with Crippen molar-refractivity contribution in [1.29, 1.82) is 0 Å². The van der Waals surface area contributed by atoms with E-state index in [4.69, 9.17) is 0 Å². The van der Waals surface area contributed by atoms with Crippen molar-refractivity contribution in [2.24, 2.45) is 0 Å². The number of thioether (sulfide) groups is 1. The first-order valence-corrected chi connectivity index (χ1v) is 8.75. The highest BCUT2D eigenvalue weighted by Crippen LogP contribution is 2.21. The van der Waals surface area contributed by atoms with Gasteiger partial charge in [0.05, 0.1) is 5.75 Å². The first-order valence-electron chi connectivity index (χ1n) is 6.88. The SMILES string of the molecule is Cc1csc(SCC(=O)NCCc2ccc(OC(F)F)cc2)n1. The van der Waals surface area contributed by atoms with E-state index in [-0.39, 0.29) is 11.7 Å². The van der Waals surface area contributed by atoms with Crippen LogP contribution < -0.4 is 10.1 Å². The highest BCUT2D eigenvalue weighted by Gasteiger charge is 2.06. The summed E-state index contributed by atoms with van der Waals surface area (Å²) >= 11 is 2.94. The minimum absolute atomic E-state index is 0.0551. The van der Waals surface area contributed by atoms with Crippen LogP contribution >= 0.6 is 23.1 Å². The molecule has 2 aromatic rings. The summed E-state index contributed by atoms with van der Waals surface area (Å²) in [4.78, 5) is 16.0. The van der Waals surface area contributed by atoms with Crippen LogP contribution in [0.5, 0.6) is 5.75 Å². The largest absolute Gasteiger partial charge is 0.435 e. The molecule has 2 rings (SSSR count). The van der Waals surface area contributed by atoms with Crippen molar-refractivity contribution in [2.45, 2.75) is 24.3 Å². The van der Waals surface area contributed by atoms with Gasteiger partial charge in [-0.05, 0) is 31.0 Å². The second kappa shape index (κ2) is 8.83. The lowest BCUT2D eigenvalue weighted by Gasteiger charge is -2.07. The van der Waals surface area contributed by atoms with Crippen molar-refractivity contribution in [3.8, 4) is 5.75 Å². The Morgan fingerprint density at radius 1 is 1.39 bits per heavy atom. The van der Waals surface area contributed by atoms with Crippen molar-refractivity contribution >= 4 is 29.0 Å². The molecule has 1 amide bonds. The molecule has 4 nitrogen and oxygen atoms in total. The maximum atomic E-state index is 12.0. The molecule has 0 spiro atoms. The number of rotatable bonds is 8. The molecule has 1 aromatic heterocycles. The van der Waals surface area contributed by atoms with Gasteiger partial charge in [-0.25, -0.2) is 4.98 Å². The average molecular weight is 358 g/mol. The summed E-state index contributed by atoms with van der Waals surface area (Å²) < 4.78 is 29.2. The van der Waals surface area contributed by atoms with Crippen LogP contribution in [-0.4, -0.2) is 29.8 Å². The Morgan fingerprint density at radius 3 is 2.74 bits per heavy atom. The molecule has 1 N–H and O–H groups in total. The van der Waals surface area contributed by atoms with Gasteiger partial charge >= 0.3 is 6.61 Å². The summed E-state index contributed by atoms with van der Waals surface area (Å²) in [5, 5.41) is 4.77. The molecule has 0 radical (unpaired) electrons. The number of ether oxygens (including phenoxy) is 1. The first-order chi connectivity index (χ1) is 11.0. The molecule has 0 fully saturated rings. The molecule has 0 saturated carbocycles. The molecule has 1 heterocycles. The van der Waals surface area contributed by atoms with Gasteiger partial charge in [-0.2, -0.15) is 8.78 Å². The second-order valence-electron chi connectivity index (χ2n) is 4.67. The Morgan fingerprint density at radius 2 is 2.13 bits per heavy atom. The lowest BCUT2D eigenvalue weighted by atomic mass is 10.1. The Hall–Kier alpha value is -1.67. The van der Waals surface area contributed by atoms with Crippen LogP contribution in [0.3, 0.4) is 0 Å². The van der Waals surface area contributed by atoms with E-state index in [0.717, 1.165) is 15.6 Å². The van der Waals surface area contributed by atoms with Crippen molar-refractivity contribution in [2.75, 3.05) is 12.3 Å². The number of benzene rings is 1. The van der Waals surface area contributed by atoms with E-state index in [9.17, 15) is 13.6 Å². The summed E-state index contributed by atoms with van der Waals surface area (Å²) in [5.74, 6) is 0.400. The number of carbonyl (C=O) groups excluding carboxylic acids is 1. The standard InChI is InChI=1S/C15H16F2N2O2S2/c1-10-8-22-15(19-10)23-9-13(20)18-7-6-11-2-4-12(5-3-11)21-14(16)17/h2-5,8,14H,6-7,9H2,1H3,(H,18,20). The smallest absolute Gasteiger partial charge is 0.387 e. The van der Waals surface area contributed by atoms with Crippen LogP contribution in [0.1, 0.15) is 11.3 Å². The number of amides is 1. The zero-order valence-corrected chi connectivity index (χ0v) is 14.1. The third-order valence-electron chi connectivity index (χ3n) is 2.81. The van der Waals surface area contributed by atoms with Crippen LogP contribution in [0.15, 0.2) is 34.0 Å². The molecule has 0 unspecified atom stereocenters. The van der Waals surface area contributed by atoms with Gasteiger partial charge in [0.2, 0.25) is 5.91 Å². The Balaban J connectivity index is 1.66. The highest BCUT2D eigenvalue weighted by atomic mass is 32.2. The quantitative estimate of drug-likeness (QED) is 0.734. The number of alkyl halides is 2. The van der Waals surface area contributed by atoms with Gasteiger partial charge in [0.15, 0.2) is 4.34 Å². The minimum Gasteiger partial charge on any atom is -0.435 e. The molecular weight excluding hydrogens is 342 g/mol. The number of hydrogen-bond acceptors (Lipinski definition) is 5. The van der Waals surface area contributed by atoms with Crippen molar-refractivity contribution in [3.63, 3.8) is 0 Å². The van der Waals surface area contributed by atoms with E-state index < -0.39 is 6.61 Å². The molecule has 0 aliphatic rings. The number of aryl methyl sites for hydroxylation is 1. The van der Waals surface area contributed by atoms with Crippen LogP contribution in [-0.2, 0) is 11.2 Å². The van der Waals surface area contributed by atoms with Crippen LogP contribution in [0.2, 0.25) is 0 Å². The van der Waals surface area contributed by atoms with E-state index in [2.05, 4.69) is 15.0 Å². The second-order valence-corrected chi connectivity index (χ2v) is 6.75. The van der Waals surface area contributed by atoms with Crippen molar-refractivity contribution in [3.05, 3.63) is 40.9 Å². The molecule has 0 saturated heterocycles. The maximum absolute atomic E-state index is 12.0. The molecule has 1 aromatic carbocycles. The predicted molar refractivity (Wildman–Crippen MR) is 87.4 cm³/mol. The van der Waals surface area contributed by atoms with E-state index in [1.54, 1.807) is 12.1 Å². The van der Waals surface area contributed by atoms with Crippen LogP contribution in [0, 0.1) is 6.92 Å². The van der Waals surface area contributed by atoms with Crippen LogP contribution in [0.4, 0.5) is 8.78 Å². The van der Waals surface area contributed by atoms with E-state index in [1.165, 1.54) is 35.2 Å². The number of nitrogens with one attached hydrogen (secondary N) is 1. The average Bonchev–Trinajstić information content (AvgIpc) is 2.92. The zero-order valence-electron chi connectivity index (χ0n) is 12.4. The minimum atomic E-state index is -2.82. The molecule has 0 atom stereocenters. The number of hydrogen-bond donors (Lipinski definition) is 1. The molecule has 8 heteroatoms. The normalized spacial score (nSPS) is 10.8. The fourth-order valence-electron chi connectivity index (χ4n) is 1.76. The third-order valence-corrected chi connectivity index (χ3v) is 4.95. The molecule has 0 aliphatic heterocycles. The van der Waals surface area contributed by atoms with Gasteiger partial charge in [-0.15, -0.1) is 11.3 Å². The van der Waals surface area contributed by atoms with Gasteiger partial charge in [-0.3, -0.25) is 4.79 Å². The predicted octanol–water partition coefficient (Wildman–Crippen LogP) is 3.50. The van der Waals surface area contributed by atoms with Gasteiger partial charge in [-0.1, -0.05) is 23.9 Å². The van der Waals surface area contributed by atoms with Crippen LogP contribution in [0.25, 0.3) is 0 Å². The van der Waals surface area contributed by atoms with E-state index >= 15 is 0 Å². The van der Waals surface area contributed by atoms with Gasteiger partial charge < -0.3 is 10.1 Å². The molecule has 0 bridgehead atoms. The number of nitrogens with zero attached hydrogens (tertiary/aromatic N) is 1. The van der Waals surface area contributed by atoms with Gasteiger partial charge in [0.25, 0.3) is 0 Å². The van der Waals surface area contributed by atoms with Crippen molar-refractivity contribution in [1.82, 2.24) is 10.3 Å². The monoisotopic (exact) mass is 358 g/mol. The summed E-state index contributed by atoms with van der Waals surface area (Å²) in [6.45, 7) is -0.414. The van der Waals surface area contributed by atoms with E-state index in [1.807, 2.05) is 12.3 Å². The number of thiazole rings is 1. The fourth-order valence-corrected chi connectivity index (χ4v) is 3.44. The lowest BCUT2D eigenvalue weighted by Crippen LogP contribution is -2.27. The Bertz CT molecular complexity index is 633. The highest BCUT2D eigenvalue weighted by molar-refractivity contribution is 8.01. The number of carbonyl (C=O) groups is 1. The van der Waals surface area contributed by atoms with Gasteiger partial charge in [0.1, 0.15) is 5.75 Å². The number of aromatic nitrogens is 1. The molecule has 0 aliphatic carbocycles. The number of halogens is 2. The summed E-state index contributed by atoms with van der Waals surface area (Å²) in [5.41, 5.74) is 1.90. The summed E-state index contributed by atoms with van der Waals surface area (Å²) in [6.07, 6.45) is 0.627. The molecule has 23 heavy (non-hydrogen) atoms. The third kappa shape index (κ3) is 6.54. The van der Waals surface area contributed by atoms with E-state index in [0.29, 0.717) is 18.7 Å². The lowest BCUT2D eigenvalue weighted by molar-refractivity contribution is -0.118. The molecule has 124 valence electrons. The topological polar surface area (TPSA) is 51.2 Å². The van der Waals surface area contributed by atoms with Gasteiger partial charge in [0, 0.05) is 17.6 Å². The Labute approximate surface area is 141 Å².